The largest absolute Gasteiger partial charge is 0.453 e. The highest BCUT2D eigenvalue weighted by Crippen LogP contribution is 2.35. The maximum atomic E-state index is 14.0. The summed E-state index contributed by atoms with van der Waals surface area (Å²) in [4.78, 5) is 0. The third kappa shape index (κ3) is 3.04. The molecular formula is C17H16FNO2. The molecule has 3 nitrogen and oxygen atoms in total. The fourth-order valence-corrected chi connectivity index (χ4v) is 2.24. The van der Waals surface area contributed by atoms with E-state index >= 15 is 0 Å². The first kappa shape index (κ1) is 15.0. The van der Waals surface area contributed by atoms with Gasteiger partial charge in [-0.2, -0.15) is 5.26 Å². The molecule has 1 unspecified atom stereocenters. The molecule has 0 bridgehead atoms. The lowest BCUT2D eigenvalue weighted by Crippen LogP contribution is -2.01. The molecule has 0 amide bonds. The van der Waals surface area contributed by atoms with Crippen LogP contribution in [0.5, 0.6) is 11.5 Å². The van der Waals surface area contributed by atoms with E-state index in [1.165, 1.54) is 12.1 Å². The SMILES string of the molecule is Cc1cc(C#N)cc(C)c1Oc1c(F)cccc1C(C)O. The van der Waals surface area contributed by atoms with E-state index < -0.39 is 11.9 Å². The van der Waals surface area contributed by atoms with Crippen molar-refractivity contribution in [3.05, 3.63) is 58.4 Å². The van der Waals surface area contributed by atoms with E-state index in [0.717, 1.165) is 11.1 Å². The minimum absolute atomic E-state index is 0.0170. The molecule has 2 rings (SSSR count). The summed E-state index contributed by atoms with van der Waals surface area (Å²) in [5.74, 6) is -0.0130. The number of ether oxygens (including phenoxy) is 1. The van der Waals surface area contributed by atoms with Crippen LogP contribution in [0, 0.1) is 31.0 Å². The summed E-state index contributed by atoms with van der Waals surface area (Å²) in [6, 6.07) is 9.88. The maximum absolute atomic E-state index is 14.0. The number of aliphatic hydroxyl groups excluding tert-OH is 1. The Kier molecular flexibility index (Phi) is 4.25. The third-order valence-electron chi connectivity index (χ3n) is 3.24. The first-order valence-corrected chi connectivity index (χ1v) is 6.59. The lowest BCUT2D eigenvalue weighted by Gasteiger charge is -2.17. The fraction of sp³-hybridized carbons (Fsp3) is 0.235. The van der Waals surface area contributed by atoms with Gasteiger partial charge in [-0.3, -0.25) is 0 Å². The second kappa shape index (κ2) is 5.94. The van der Waals surface area contributed by atoms with E-state index in [1.54, 1.807) is 39.0 Å². The minimum atomic E-state index is -0.838. The first-order chi connectivity index (χ1) is 9.93. The Balaban J connectivity index is 2.51. The fourth-order valence-electron chi connectivity index (χ4n) is 2.24. The van der Waals surface area contributed by atoms with Crippen LogP contribution >= 0.6 is 0 Å². The molecule has 0 radical (unpaired) electrons. The van der Waals surface area contributed by atoms with Gasteiger partial charge in [-0.15, -0.1) is 0 Å². The van der Waals surface area contributed by atoms with Crippen molar-refractivity contribution in [3.8, 4) is 17.6 Å². The Labute approximate surface area is 123 Å². The van der Waals surface area contributed by atoms with E-state index in [2.05, 4.69) is 6.07 Å². The molecule has 1 N–H and O–H groups in total. The Morgan fingerprint density at radius 1 is 1.19 bits per heavy atom. The number of nitrogens with zero attached hydrogens (tertiary/aromatic N) is 1. The number of aryl methyl sites for hydroxylation is 2. The topological polar surface area (TPSA) is 53.2 Å². The van der Waals surface area contributed by atoms with Gasteiger partial charge in [-0.1, -0.05) is 12.1 Å². The van der Waals surface area contributed by atoms with Gasteiger partial charge in [0, 0.05) is 5.56 Å². The van der Waals surface area contributed by atoms with Crippen molar-refractivity contribution in [1.82, 2.24) is 0 Å². The lowest BCUT2D eigenvalue weighted by atomic mass is 10.1. The number of hydrogen-bond acceptors (Lipinski definition) is 3. The number of para-hydroxylation sites is 1. The second-order valence-electron chi connectivity index (χ2n) is 4.99. The molecule has 4 heteroatoms. The van der Waals surface area contributed by atoms with E-state index in [1.807, 2.05) is 0 Å². The number of nitriles is 1. The van der Waals surface area contributed by atoms with Crippen LogP contribution in [-0.2, 0) is 0 Å². The Morgan fingerprint density at radius 3 is 2.33 bits per heavy atom. The number of aliphatic hydroxyl groups is 1. The normalized spacial score (nSPS) is 11.8. The standard InChI is InChI=1S/C17H16FNO2/c1-10-7-13(9-19)8-11(2)16(10)21-17-14(12(3)20)5-4-6-15(17)18/h4-8,12,20H,1-3H3. The molecule has 0 aliphatic carbocycles. The van der Waals surface area contributed by atoms with Crippen LogP contribution in [0.25, 0.3) is 0 Å². The van der Waals surface area contributed by atoms with E-state index in [9.17, 15) is 9.50 Å². The molecule has 1 atom stereocenters. The van der Waals surface area contributed by atoms with Crippen LogP contribution in [-0.4, -0.2) is 5.11 Å². The van der Waals surface area contributed by atoms with Gasteiger partial charge in [0.2, 0.25) is 0 Å². The van der Waals surface area contributed by atoms with Gasteiger partial charge in [0.25, 0.3) is 0 Å². The highest BCUT2D eigenvalue weighted by Gasteiger charge is 2.17. The summed E-state index contributed by atoms with van der Waals surface area (Å²) in [6.07, 6.45) is -0.838. The monoisotopic (exact) mass is 285 g/mol. The van der Waals surface area contributed by atoms with Crippen molar-refractivity contribution in [2.24, 2.45) is 0 Å². The van der Waals surface area contributed by atoms with E-state index in [0.29, 0.717) is 16.9 Å². The highest BCUT2D eigenvalue weighted by molar-refractivity contribution is 5.50. The van der Waals surface area contributed by atoms with Crippen molar-refractivity contribution in [3.63, 3.8) is 0 Å². The van der Waals surface area contributed by atoms with Crippen molar-refractivity contribution < 1.29 is 14.2 Å². The van der Waals surface area contributed by atoms with E-state index in [-0.39, 0.29) is 5.75 Å². The van der Waals surface area contributed by atoms with Crippen LogP contribution < -0.4 is 4.74 Å². The molecule has 0 saturated carbocycles. The first-order valence-electron chi connectivity index (χ1n) is 6.59. The number of benzene rings is 2. The van der Waals surface area contributed by atoms with Gasteiger partial charge in [0.15, 0.2) is 11.6 Å². The third-order valence-corrected chi connectivity index (χ3v) is 3.24. The lowest BCUT2D eigenvalue weighted by molar-refractivity contribution is 0.194. The summed E-state index contributed by atoms with van der Waals surface area (Å²) >= 11 is 0. The van der Waals surface area contributed by atoms with Crippen molar-refractivity contribution in [2.45, 2.75) is 26.9 Å². The maximum Gasteiger partial charge on any atom is 0.168 e. The van der Waals surface area contributed by atoms with Crippen molar-refractivity contribution in [1.29, 1.82) is 5.26 Å². The van der Waals surface area contributed by atoms with Gasteiger partial charge in [-0.05, 0) is 50.1 Å². The van der Waals surface area contributed by atoms with Crippen LogP contribution in [0.3, 0.4) is 0 Å². The van der Waals surface area contributed by atoms with Crippen molar-refractivity contribution >= 4 is 0 Å². The van der Waals surface area contributed by atoms with Crippen LogP contribution in [0.15, 0.2) is 30.3 Å². The predicted octanol–water partition coefficient (Wildman–Crippen LogP) is 4.16. The molecule has 21 heavy (non-hydrogen) atoms. The zero-order chi connectivity index (χ0) is 15.6. The molecular weight excluding hydrogens is 269 g/mol. The van der Waals surface area contributed by atoms with Gasteiger partial charge < -0.3 is 9.84 Å². The molecule has 0 aliphatic heterocycles. The van der Waals surface area contributed by atoms with Gasteiger partial charge in [-0.25, -0.2) is 4.39 Å². The minimum Gasteiger partial charge on any atom is -0.453 e. The molecule has 2 aromatic carbocycles. The molecule has 0 saturated heterocycles. The molecule has 108 valence electrons. The van der Waals surface area contributed by atoms with Crippen molar-refractivity contribution in [2.75, 3.05) is 0 Å². The van der Waals surface area contributed by atoms with Crippen LogP contribution in [0.2, 0.25) is 0 Å². The molecule has 0 heterocycles. The molecule has 0 aromatic heterocycles. The Hall–Kier alpha value is -2.38. The predicted molar refractivity (Wildman–Crippen MR) is 77.7 cm³/mol. The summed E-state index contributed by atoms with van der Waals surface area (Å²) in [5.41, 5.74) is 2.40. The quantitative estimate of drug-likeness (QED) is 0.921. The average Bonchev–Trinajstić information content (AvgIpc) is 2.43. The highest BCUT2D eigenvalue weighted by atomic mass is 19.1. The zero-order valence-corrected chi connectivity index (χ0v) is 12.1. The summed E-state index contributed by atoms with van der Waals surface area (Å²) in [6.45, 7) is 5.15. The smallest absolute Gasteiger partial charge is 0.168 e. The Morgan fingerprint density at radius 2 is 1.81 bits per heavy atom. The number of rotatable bonds is 3. The average molecular weight is 285 g/mol. The van der Waals surface area contributed by atoms with Crippen LogP contribution in [0.4, 0.5) is 4.39 Å². The Bertz CT molecular complexity index is 694. The second-order valence-corrected chi connectivity index (χ2v) is 4.99. The van der Waals surface area contributed by atoms with Gasteiger partial charge in [0.1, 0.15) is 5.75 Å². The number of halogens is 1. The van der Waals surface area contributed by atoms with Crippen LogP contribution in [0.1, 0.15) is 35.3 Å². The molecule has 2 aromatic rings. The number of hydrogen-bond donors (Lipinski definition) is 1. The summed E-state index contributed by atoms with van der Waals surface area (Å²) < 4.78 is 19.7. The molecule has 0 spiro atoms. The molecule has 0 aliphatic rings. The summed E-state index contributed by atoms with van der Waals surface area (Å²) in [5, 5.41) is 18.7. The molecule has 0 fully saturated rings. The van der Waals surface area contributed by atoms with Gasteiger partial charge in [0.05, 0.1) is 17.7 Å². The zero-order valence-electron chi connectivity index (χ0n) is 12.1. The van der Waals surface area contributed by atoms with E-state index in [4.69, 9.17) is 10.00 Å². The van der Waals surface area contributed by atoms with Gasteiger partial charge >= 0.3 is 0 Å². The summed E-state index contributed by atoms with van der Waals surface area (Å²) in [7, 11) is 0.